The van der Waals surface area contributed by atoms with Crippen molar-refractivity contribution in [2.45, 2.75) is 20.0 Å². The van der Waals surface area contributed by atoms with Crippen molar-refractivity contribution < 1.29 is 23.9 Å². The minimum atomic E-state index is -1.35. The van der Waals surface area contributed by atoms with Crippen LogP contribution in [0.3, 0.4) is 0 Å². The first-order valence-corrected chi connectivity index (χ1v) is 7.30. The number of esters is 1. The number of likely N-dealkylation sites (tertiary alicyclic amines) is 1. The molecule has 0 bridgehead atoms. The molecule has 2 rings (SSSR count). The van der Waals surface area contributed by atoms with E-state index in [1.54, 1.807) is 0 Å². The molecule has 0 N–H and O–H groups in total. The van der Waals surface area contributed by atoms with E-state index in [9.17, 15) is 14.4 Å². The van der Waals surface area contributed by atoms with Gasteiger partial charge in [-0.2, -0.15) is 0 Å². The maximum Gasteiger partial charge on any atom is 0.416 e. The lowest BCUT2D eigenvalue weighted by Gasteiger charge is -2.20. The minimum absolute atomic E-state index is 0.0279. The summed E-state index contributed by atoms with van der Waals surface area (Å²) in [6.45, 7) is 5.16. The Kier molecular flexibility index (Phi) is 5.16. The predicted octanol–water partition coefficient (Wildman–Crippen LogP) is 2.29. The van der Waals surface area contributed by atoms with Crippen LogP contribution < -0.4 is 0 Å². The van der Waals surface area contributed by atoms with Gasteiger partial charge in [-0.15, -0.1) is 0 Å². The van der Waals surface area contributed by atoms with E-state index in [-0.39, 0.29) is 26.2 Å². The maximum absolute atomic E-state index is 12.4. The number of benzene rings is 1. The molecule has 0 spiro atoms. The summed E-state index contributed by atoms with van der Waals surface area (Å²) in [5.74, 6) is -1.25. The highest BCUT2D eigenvalue weighted by Gasteiger charge is 2.52. The van der Waals surface area contributed by atoms with E-state index in [1.807, 2.05) is 30.3 Å². The monoisotopic (exact) mass is 317 g/mol. The lowest BCUT2D eigenvalue weighted by atomic mass is 9.89. The summed E-state index contributed by atoms with van der Waals surface area (Å²) in [7, 11) is 0. The molecule has 6 heteroatoms. The van der Waals surface area contributed by atoms with Crippen LogP contribution in [-0.4, -0.2) is 36.0 Å². The molecule has 23 heavy (non-hydrogen) atoms. The Hall–Kier alpha value is -2.63. The molecule has 2 amide bonds. The van der Waals surface area contributed by atoms with Crippen LogP contribution in [0.1, 0.15) is 18.9 Å². The molecule has 122 valence electrons. The second-order valence-electron chi connectivity index (χ2n) is 5.47. The number of hydrogen-bond acceptors (Lipinski definition) is 5. The predicted molar refractivity (Wildman–Crippen MR) is 82.2 cm³/mol. The van der Waals surface area contributed by atoms with Crippen LogP contribution in [0.15, 0.2) is 43.0 Å². The highest BCUT2D eigenvalue weighted by Crippen LogP contribution is 2.33. The Balaban J connectivity index is 1.96. The van der Waals surface area contributed by atoms with E-state index >= 15 is 0 Å². The smallest absolute Gasteiger partial charge is 0.416 e. The Bertz CT molecular complexity index is 613. The first-order valence-electron chi connectivity index (χ1n) is 7.30. The maximum atomic E-state index is 12.4. The van der Waals surface area contributed by atoms with Gasteiger partial charge in [0.05, 0.1) is 0 Å². The van der Waals surface area contributed by atoms with Crippen LogP contribution in [-0.2, 0) is 25.7 Å². The molecule has 1 saturated heterocycles. The van der Waals surface area contributed by atoms with Gasteiger partial charge in [-0.3, -0.25) is 9.59 Å². The summed E-state index contributed by atoms with van der Waals surface area (Å²) >= 11 is 0. The molecule has 0 aliphatic carbocycles. The van der Waals surface area contributed by atoms with Crippen LogP contribution in [0.25, 0.3) is 0 Å². The van der Waals surface area contributed by atoms with Crippen LogP contribution >= 0.6 is 0 Å². The number of imide groups is 1. The fraction of sp³-hybridized carbons (Fsp3) is 0.353. The van der Waals surface area contributed by atoms with Crippen LogP contribution in [0.5, 0.6) is 0 Å². The van der Waals surface area contributed by atoms with Crippen LogP contribution in [0, 0.1) is 5.41 Å². The number of ether oxygens (including phenoxy) is 2. The van der Waals surface area contributed by atoms with Gasteiger partial charge in [0.2, 0.25) is 5.91 Å². The molecule has 1 unspecified atom stereocenters. The molecule has 1 aromatic carbocycles. The SMILES string of the molecule is C=CCOC(=O)C1(C)CCN(C(=O)OCc2ccccc2)C1=O. The molecular formula is C17H19NO5. The van der Waals surface area contributed by atoms with Crippen molar-refractivity contribution in [1.82, 2.24) is 4.90 Å². The second-order valence-corrected chi connectivity index (χ2v) is 5.47. The molecule has 6 nitrogen and oxygen atoms in total. The van der Waals surface area contributed by atoms with Gasteiger partial charge in [-0.1, -0.05) is 43.0 Å². The van der Waals surface area contributed by atoms with Gasteiger partial charge in [-0.25, -0.2) is 9.69 Å². The molecule has 0 aromatic heterocycles. The summed E-state index contributed by atoms with van der Waals surface area (Å²) < 4.78 is 10.1. The number of hydrogen-bond donors (Lipinski definition) is 0. The zero-order valence-corrected chi connectivity index (χ0v) is 13.0. The molecule has 1 fully saturated rings. The summed E-state index contributed by atoms with van der Waals surface area (Å²) in [5, 5.41) is 0. The van der Waals surface area contributed by atoms with Gasteiger partial charge >= 0.3 is 12.1 Å². The number of rotatable bonds is 5. The van der Waals surface area contributed by atoms with Gasteiger partial charge < -0.3 is 9.47 Å². The van der Waals surface area contributed by atoms with E-state index < -0.39 is 23.4 Å². The highest BCUT2D eigenvalue weighted by atomic mass is 16.6. The molecule has 0 radical (unpaired) electrons. The van der Waals surface area contributed by atoms with Crippen molar-refractivity contribution in [1.29, 1.82) is 0 Å². The van der Waals surface area contributed by atoms with E-state index in [4.69, 9.17) is 9.47 Å². The molecular weight excluding hydrogens is 298 g/mol. The van der Waals surface area contributed by atoms with E-state index in [0.29, 0.717) is 0 Å². The fourth-order valence-electron chi connectivity index (χ4n) is 2.30. The van der Waals surface area contributed by atoms with Crippen molar-refractivity contribution in [2.24, 2.45) is 5.41 Å². The molecule has 1 atom stereocenters. The number of amides is 2. The van der Waals surface area contributed by atoms with Gasteiger partial charge in [-0.05, 0) is 18.9 Å². The molecule has 1 aliphatic rings. The third kappa shape index (κ3) is 3.59. The van der Waals surface area contributed by atoms with Crippen LogP contribution in [0.2, 0.25) is 0 Å². The Morgan fingerprint density at radius 2 is 2.00 bits per heavy atom. The lowest BCUT2D eigenvalue weighted by Crippen LogP contribution is -2.42. The quantitative estimate of drug-likeness (QED) is 0.473. The Labute approximate surface area is 134 Å². The van der Waals surface area contributed by atoms with Crippen molar-refractivity contribution >= 4 is 18.0 Å². The fourth-order valence-corrected chi connectivity index (χ4v) is 2.30. The van der Waals surface area contributed by atoms with E-state index in [0.717, 1.165) is 10.5 Å². The number of carbonyl (C=O) groups is 3. The van der Waals surface area contributed by atoms with Crippen LogP contribution in [0.4, 0.5) is 4.79 Å². The van der Waals surface area contributed by atoms with Gasteiger partial charge in [0.15, 0.2) is 0 Å². The highest BCUT2D eigenvalue weighted by molar-refractivity contribution is 6.08. The average molecular weight is 317 g/mol. The van der Waals surface area contributed by atoms with Crippen molar-refractivity contribution in [2.75, 3.05) is 13.2 Å². The molecule has 1 aromatic rings. The Morgan fingerprint density at radius 1 is 1.30 bits per heavy atom. The summed E-state index contributed by atoms with van der Waals surface area (Å²) in [4.78, 5) is 37.4. The molecule has 1 aliphatic heterocycles. The normalized spacial score (nSPS) is 20.2. The first kappa shape index (κ1) is 16.7. The van der Waals surface area contributed by atoms with E-state index in [2.05, 4.69) is 6.58 Å². The van der Waals surface area contributed by atoms with E-state index in [1.165, 1.54) is 13.0 Å². The largest absolute Gasteiger partial charge is 0.461 e. The van der Waals surface area contributed by atoms with Gasteiger partial charge in [0.25, 0.3) is 0 Å². The van der Waals surface area contributed by atoms with Crippen molar-refractivity contribution in [3.63, 3.8) is 0 Å². The lowest BCUT2D eigenvalue weighted by molar-refractivity contribution is -0.158. The number of carbonyl (C=O) groups excluding carboxylic acids is 3. The topological polar surface area (TPSA) is 72.9 Å². The Morgan fingerprint density at radius 3 is 2.65 bits per heavy atom. The summed E-state index contributed by atoms with van der Waals surface area (Å²) in [6.07, 6.45) is 0.883. The zero-order chi connectivity index (χ0) is 16.9. The summed E-state index contributed by atoms with van der Waals surface area (Å²) in [5.41, 5.74) is -0.532. The standard InChI is InChI=1S/C17H19NO5/c1-3-11-22-15(20)17(2)9-10-18(14(17)19)16(21)23-12-13-7-5-4-6-8-13/h3-8H,1,9-12H2,2H3. The first-order chi connectivity index (χ1) is 11.0. The van der Waals surface area contributed by atoms with Gasteiger partial charge in [0.1, 0.15) is 18.6 Å². The van der Waals surface area contributed by atoms with Gasteiger partial charge in [0, 0.05) is 6.54 Å². The number of nitrogens with zero attached hydrogens (tertiary/aromatic N) is 1. The third-order valence-corrected chi connectivity index (χ3v) is 3.76. The van der Waals surface area contributed by atoms with Crippen molar-refractivity contribution in [3.05, 3.63) is 48.6 Å². The minimum Gasteiger partial charge on any atom is -0.461 e. The summed E-state index contributed by atoms with van der Waals surface area (Å²) in [6, 6.07) is 9.15. The van der Waals surface area contributed by atoms with Crippen molar-refractivity contribution in [3.8, 4) is 0 Å². The molecule has 0 saturated carbocycles. The molecule has 1 heterocycles. The average Bonchev–Trinajstić information content (AvgIpc) is 2.88. The zero-order valence-electron chi connectivity index (χ0n) is 13.0. The third-order valence-electron chi connectivity index (χ3n) is 3.76. The second kappa shape index (κ2) is 7.09.